The van der Waals surface area contributed by atoms with Crippen LogP contribution in [0.3, 0.4) is 0 Å². The van der Waals surface area contributed by atoms with Gasteiger partial charge in [0, 0.05) is 87.7 Å². The Kier molecular flexibility index (Phi) is 19.5. The van der Waals surface area contributed by atoms with Crippen molar-refractivity contribution in [3.05, 3.63) is 147 Å². The summed E-state index contributed by atoms with van der Waals surface area (Å²) in [5.41, 5.74) is 15.2. The van der Waals surface area contributed by atoms with Gasteiger partial charge in [-0.05, 0) is 46.2 Å². The fraction of sp³-hybridized carbons (Fsp3) is 0.179. The molecule has 0 aliphatic heterocycles. The summed E-state index contributed by atoms with van der Waals surface area (Å²) in [4.78, 5) is 0. The van der Waals surface area contributed by atoms with E-state index in [9.17, 15) is 0 Å². The van der Waals surface area contributed by atoms with E-state index in [4.69, 9.17) is 0 Å². The molecule has 2 N–H and O–H groups in total. The maximum Gasteiger partial charge on any atom is 0.0731 e. The summed E-state index contributed by atoms with van der Waals surface area (Å²) in [5, 5.41) is 14.7. The molecule has 230 valence electrons. The topological polar surface area (TPSA) is 57.4 Å². The molecule has 0 fully saturated rings. The second kappa shape index (κ2) is 20.6. The molecule has 0 saturated carbocycles. The van der Waals surface area contributed by atoms with E-state index in [0.29, 0.717) is 0 Å². The summed E-state index contributed by atoms with van der Waals surface area (Å²) in [5.74, 6) is 0. The van der Waals surface area contributed by atoms with Crippen LogP contribution in [0.1, 0.15) is 57.4 Å². The molecule has 0 unspecified atom stereocenters. The number of rotatable bonds is 0. The minimum Gasteiger partial charge on any atom is -0.358 e. The maximum atomic E-state index is 4.22. The number of hydrogen-bond acceptors (Lipinski definition) is 2. The molecule has 4 aromatic carbocycles. The van der Waals surface area contributed by atoms with Crippen LogP contribution >= 0.6 is 0 Å². The molecule has 0 atom stereocenters. The van der Waals surface area contributed by atoms with Gasteiger partial charge in [-0.1, -0.05) is 132 Å². The molecule has 0 amide bonds. The second-order valence-electron chi connectivity index (χ2n) is 9.30. The van der Waals surface area contributed by atoms with Gasteiger partial charge >= 0.3 is 0 Å². The second-order valence-corrected chi connectivity index (χ2v) is 9.30. The van der Waals surface area contributed by atoms with Gasteiger partial charge in [-0.25, -0.2) is 0 Å². The first kappa shape index (κ1) is 42.5. The van der Waals surface area contributed by atoms with E-state index in [1.54, 1.807) is 0 Å². The molecule has 0 bridgehead atoms. The zero-order valence-electron chi connectivity index (χ0n) is 26.9. The molecule has 2 aliphatic rings. The van der Waals surface area contributed by atoms with E-state index in [-0.39, 0.29) is 87.7 Å². The zero-order valence-corrected chi connectivity index (χ0v) is 32.5. The number of aromatic nitrogens is 4. The van der Waals surface area contributed by atoms with Crippen molar-refractivity contribution in [2.45, 2.75) is 48.0 Å². The fourth-order valence-corrected chi connectivity index (χ4v) is 5.51. The first-order valence-corrected chi connectivity index (χ1v) is 14.3. The van der Waals surface area contributed by atoms with Gasteiger partial charge in [0.15, 0.2) is 0 Å². The summed E-state index contributed by atoms with van der Waals surface area (Å²) in [6.07, 6.45) is 5.82. The Labute approximate surface area is 322 Å². The molecule has 0 spiro atoms. The van der Waals surface area contributed by atoms with Crippen LogP contribution in [0.25, 0.3) is 44.8 Å². The van der Waals surface area contributed by atoms with Crippen molar-refractivity contribution in [2.75, 3.05) is 0 Å². The van der Waals surface area contributed by atoms with Crippen molar-refractivity contribution in [3.8, 4) is 44.8 Å². The van der Waals surface area contributed by atoms with E-state index in [2.05, 4.69) is 117 Å². The third-order valence-electron chi connectivity index (χ3n) is 7.23. The van der Waals surface area contributed by atoms with Crippen molar-refractivity contribution in [1.29, 1.82) is 0 Å². The SMILES string of the molecule is C.CC.CC.[CH3-].[CH3-].[Y].[Y].c1ccc2c(c1)Cc1ccccc1-c1[nH]ncc1-2.c1ccc2c(c1)Cc1ccccc1-c1[nH]ncc1-2. The van der Waals surface area contributed by atoms with E-state index < -0.39 is 0 Å². The third kappa shape index (κ3) is 8.86. The molecule has 2 radical (unpaired) electrons. The molecule has 2 aromatic heterocycles. The molecule has 2 aliphatic carbocycles. The number of nitrogens with one attached hydrogen (secondary N) is 2. The van der Waals surface area contributed by atoms with Gasteiger partial charge in [-0.3, -0.25) is 10.2 Å². The van der Waals surface area contributed by atoms with Gasteiger partial charge in [-0.15, -0.1) is 0 Å². The maximum absolute atomic E-state index is 4.22. The summed E-state index contributed by atoms with van der Waals surface area (Å²) in [6, 6.07) is 34.2. The Morgan fingerprint density at radius 2 is 0.689 bits per heavy atom. The largest absolute Gasteiger partial charge is 0.358 e. The molecule has 6 aromatic rings. The molecular formula is C39H46N4Y2-2. The molecular weight excluding hydrogens is 702 g/mol. The molecule has 2 heterocycles. The molecule has 0 saturated heterocycles. The predicted octanol–water partition coefficient (Wildman–Crippen LogP) is 10.9. The van der Waals surface area contributed by atoms with Crippen LogP contribution in [-0.4, -0.2) is 20.4 Å². The summed E-state index contributed by atoms with van der Waals surface area (Å²) >= 11 is 0. The Morgan fingerprint density at radius 3 is 1.02 bits per heavy atom. The minimum absolute atomic E-state index is 0. The van der Waals surface area contributed by atoms with Crippen LogP contribution in [0.5, 0.6) is 0 Å². The monoisotopic (exact) mass is 748 g/mol. The Morgan fingerprint density at radius 1 is 0.422 bits per heavy atom. The zero-order chi connectivity index (χ0) is 27.9. The van der Waals surface area contributed by atoms with Crippen molar-refractivity contribution < 1.29 is 65.4 Å². The molecule has 4 nitrogen and oxygen atoms in total. The summed E-state index contributed by atoms with van der Waals surface area (Å²) < 4.78 is 0. The fourth-order valence-electron chi connectivity index (χ4n) is 5.51. The van der Waals surface area contributed by atoms with Crippen LogP contribution < -0.4 is 0 Å². The summed E-state index contributed by atoms with van der Waals surface area (Å²) in [6.45, 7) is 8.00. The molecule has 8 rings (SSSR count). The molecule has 45 heavy (non-hydrogen) atoms. The van der Waals surface area contributed by atoms with Gasteiger partial charge in [-0.2, -0.15) is 10.2 Å². The van der Waals surface area contributed by atoms with Crippen molar-refractivity contribution in [2.24, 2.45) is 0 Å². The van der Waals surface area contributed by atoms with Gasteiger partial charge in [0.05, 0.1) is 23.8 Å². The number of benzene rings is 4. The average molecular weight is 749 g/mol. The summed E-state index contributed by atoms with van der Waals surface area (Å²) in [7, 11) is 0. The predicted molar refractivity (Wildman–Crippen MR) is 187 cm³/mol. The van der Waals surface area contributed by atoms with Crippen LogP contribution in [-0.2, 0) is 78.3 Å². The number of fused-ring (bicyclic) bond motifs is 10. The number of aromatic amines is 2. The minimum atomic E-state index is 0. The van der Waals surface area contributed by atoms with E-state index in [1.165, 1.54) is 55.6 Å². The average Bonchev–Trinajstić information content (AvgIpc) is 3.66. The van der Waals surface area contributed by atoms with Gasteiger partial charge in [0.1, 0.15) is 0 Å². The van der Waals surface area contributed by atoms with Crippen molar-refractivity contribution in [1.82, 2.24) is 20.4 Å². The smallest absolute Gasteiger partial charge is 0.0731 e. The normalized spacial score (nSPS) is 10.0. The Hall–Kier alpha value is -2.49. The van der Waals surface area contributed by atoms with Gasteiger partial charge in [0.25, 0.3) is 0 Å². The third-order valence-corrected chi connectivity index (χ3v) is 7.23. The standard InChI is InChI=1S/2C16H12N2.2C2H6.CH4.2CH3.2Y/c2*1-3-7-13-11(5-1)9-12-6-2-4-8-14(12)16-15(13)10-17-18-16;2*1-2;;;;;/h2*1-8,10H,9H2,(H,17,18);2*1-2H3;1H4;2*1H3;;/q;;;;;2*-1;;. The van der Waals surface area contributed by atoms with Crippen molar-refractivity contribution >= 4 is 0 Å². The quantitative estimate of drug-likeness (QED) is 0.152. The first-order chi connectivity index (χ1) is 19.9. The van der Waals surface area contributed by atoms with Gasteiger partial charge in [0.2, 0.25) is 0 Å². The van der Waals surface area contributed by atoms with Crippen LogP contribution in [0.2, 0.25) is 0 Å². The van der Waals surface area contributed by atoms with Crippen molar-refractivity contribution in [3.63, 3.8) is 0 Å². The van der Waals surface area contributed by atoms with Gasteiger partial charge < -0.3 is 14.9 Å². The van der Waals surface area contributed by atoms with Crippen LogP contribution in [0, 0.1) is 14.9 Å². The molecule has 6 heteroatoms. The van der Waals surface area contributed by atoms with E-state index in [1.807, 2.05) is 40.1 Å². The van der Waals surface area contributed by atoms with E-state index >= 15 is 0 Å². The van der Waals surface area contributed by atoms with Crippen LogP contribution in [0.4, 0.5) is 0 Å². The van der Waals surface area contributed by atoms with Crippen LogP contribution in [0.15, 0.2) is 109 Å². The number of nitrogens with zero attached hydrogens (tertiary/aromatic N) is 2. The number of hydrogen-bond donors (Lipinski definition) is 2. The first-order valence-electron chi connectivity index (χ1n) is 14.3. The van der Waals surface area contributed by atoms with E-state index in [0.717, 1.165) is 24.2 Å². The Bertz CT molecular complexity index is 1470. The number of H-pyrrole nitrogens is 2. The Balaban J connectivity index is 0.000000705.